The van der Waals surface area contributed by atoms with Crippen LogP contribution in [-0.4, -0.2) is 64.6 Å². The van der Waals surface area contributed by atoms with Crippen molar-refractivity contribution in [2.75, 3.05) is 24.7 Å². The molecule has 0 bridgehead atoms. The van der Waals surface area contributed by atoms with Crippen molar-refractivity contribution >= 4 is 17.6 Å². The Morgan fingerprint density at radius 3 is 2.53 bits per heavy atom. The lowest BCUT2D eigenvalue weighted by molar-refractivity contribution is -0.167. The predicted octanol–water partition coefficient (Wildman–Crippen LogP) is 4.19. The molecule has 13 heteroatoms. The molecule has 1 aliphatic heterocycles. The molecule has 3 aromatic rings. The van der Waals surface area contributed by atoms with E-state index in [0.717, 1.165) is 34.1 Å². The Balaban J connectivity index is 1.41. The van der Waals surface area contributed by atoms with Crippen LogP contribution in [0.4, 0.5) is 23.2 Å². The molecular formula is C32H34F4N4O5. The first-order valence-corrected chi connectivity index (χ1v) is 14.6. The first-order valence-electron chi connectivity index (χ1n) is 14.6. The van der Waals surface area contributed by atoms with E-state index < -0.39 is 48.1 Å². The number of carbonyl (C=O) groups is 2. The smallest absolute Gasteiger partial charge is 0.411 e. The highest BCUT2D eigenvalue weighted by Gasteiger charge is 2.45. The van der Waals surface area contributed by atoms with Crippen molar-refractivity contribution in [2.45, 2.75) is 64.7 Å². The number of halogens is 4. The quantitative estimate of drug-likeness (QED) is 0.377. The fraction of sp³-hybridized carbons (Fsp3) is 0.438. The van der Waals surface area contributed by atoms with Gasteiger partial charge in [0, 0.05) is 25.7 Å². The van der Waals surface area contributed by atoms with Crippen molar-refractivity contribution < 1.29 is 37.0 Å². The molecule has 9 nitrogen and oxygen atoms in total. The average Bonchev–Trinajstić information content (AvgIpc) is 3.46. The third-order valence-electron chi connectivity index (χ3n) is 8.71. The second kappa shape index (κ2) is 12.3. The summed E-state index contributed by atoms with van der Waals surface area (Å²) in [5.41, 5.74) is 3.76. The molecule has 2 aromatic carbocycles. The Morgan fingerprint density at radius 2 is 1.87 bits per heavy atom. The summed E-state index contributed by atoms with van der Waals surface area (Å²) in [5, 5.41) is 12.4. The van der Waals surface area contributed by atoms with Gasteiger partial charge in [-0.05, 0) is 80.0 Å². The summed E-state index contributed by atoms with van der Waals surface area (Å²) in [6, 6.07) is 2.29. The monoisotopic (exact) mass is 630 g/mol. The molecule has 0 saturated carbocycles. The van der Waals surface area contributed by atoms with E-state index in [4.69, 9.17) is 4.74 Å². The molecule has 2 aliphatic rings. The highest BCUT2D eigenvalue weighted by molar-refractivity contribution is 5.98. The number of nitrogens with zero attached hydrogens (tertiary/aromatic N) is 3. The maximum absolute atomic E-state index is 15.3. The van der Waals surface area contributed by atoms with Crippen molar-refractivity contribution in [1.29, 1.82) is 0 Å². The summed E-state index contributed by atoms with van der Waals surface area (Å²) >= 11 is 0. The Morgan fingerprint density at radius 1 is 1.16 bits per heavy atom. The average molecular weight is 631 g/mol. The first-order chi connectivity index (χ1) is 21.2. The van der Waals surface area contributed by atoms with Crippen molar-refractivity contribution in [1.82, 2.24) is 14.9 Å². The number of aryl methyl sites for hydroxylation is 3. The molecule has 1 aliphatic carbocycles. The number of carboxylic acid groups (broad SMARTS) is 1. The molecule has 1 saturated heterocycles. The van der Waals surface area contributed by atoms with E-state index >= 15 is 4.39 Å². The normalized spacial score (nSPS) is 17.2. The molecule has 2 atom stereocenters. The topological polar surface area (TPSA) is 114 Å². The molecule has 0 unspecified atom stereocenters. The molecule has 0 radical (unpaired) electrons. The highest BCUT2D eigenvalue weighted by atomic mass is 19.4. The number of rotatable bonds is 7. The van der Waals surface area contributed by atoms with Crippen LogP contribution in [0.1, 0.15) is 50.6 Å². The third kappa shape index (κ3) is 6.18. The Bertz CT molecular complexity index is 1710. The van der Waals surface area contributed by atoms with Crippen LogP contribution in [-0.2, 0) is 35.8 Å². The van der Waals surface area contributed by atoms with Crippen LogP contribution in [0.5, 0.6) is 0 Å². The first kappa shape index (κ1) is 32.1. The van der Waals surface area contributed by atoms with Gasteiger partial charge in [-0.15, -0.1) is 0 Å². The Labute approximate surface area is 256 Å². The number of hydrogen-bond acceptors (Lipinski definition) is 6. The maximum atomic E-state index is 15.3. The number of nitrogens with one attached hydrogen (secondary N) is 1. The van der Waals surface area contributed by atoms with Crippen LogP contribution in [0.2, 0.25) is 0 Å². The second-order valence-electron chi connectivity index (χ2n) is 11.6. The van der Waals surface area contributed by atoms with E-state index in [1.807, 2.05) is 0 Å². The van der Waals surface area contributed by atoms with Gasteiger partial charge < -0.3 is 20.1 Å². The zero-order valence-corrected chi connectivity index (χ0v) is 25.3. The van der Waals surface area contributed by atoms with Crippen LogP contribution in [0.15, 0.2) is 29.1 Å². The minimum atomic E-state index is -4.61. The van der Waals surface area contributed by atoms with E-state index in [1.165, 1.54) is 17.6 Å². The van der Waals surface area contributed by atoms with E-state index in [9.17, 15) is 32.7 Å². The van der Waals surface area contributed by atoms with Gasteiger partial charge in [-0.25, -0.2) is 14.2 Å². The zero-order valence-electron chi connectivity index (χ0n) is 25.3. The van der Waals surface area contributed by atoms with Crippen LogP contribution in [0.25, 0.3) is 11.1 Å². The minimum absolute atomic E-state index is 0.0264. The van der Waals surface area contributed by atoms with Crippen LogP contribution in [0.3, 0.4) is 0 Å². The van der Waals surface area contributed by atoms with Gasteiger partial charge in [0.25, 0.3) is 11.5 Å². The van der Waals surface area contributed by atoms with Crippen molar-refractivity contribution in [3.8, 4) is 11.1 Å². The predicted molar refractivity (Wildman–Crippen MR) is 158 cm³/mol. The Kier molecular flexibility index (Phi) is 8.76. The number of hydrogen-bond donors (Lipinski definition) is 2. The van der Waals surface area contributed by atoms with Crippen LogP contribution >= 0.6 is 0 Å². The molecule has 45 heavy (non-hydrogen) atoms. The number of carboxylic acids is 1. The van der Waals surface area contributed by atoms with Gasteiger partial charge in [-0.3, -0.25) is 14.2 Å². The van der Waals surface area contributed by atoms with Gasteiger partial charge in [0.1, 0.15) is 23.7 Å². The SMILES string of the molecule is Cc1cc(N2CCOC[C@@H]2C(F)(F)F)cc(F)c1C(=O)N[C@@H](Cc1ccc(-c2c(C)nc(C)n(C)c2=O)c2c1CCC2)C(=O)O. The van der Waals surface area contributed by atoms with Gasteiger partial charge in [-0.1, -0.05) is 12.1 Å². The lowest BCUT2D eigenvalue weighted by atomic mass is 9.90. The Hall–Kier alpha value is -4.26. The fourth-order valence-corrected chi connectivity index (χ4v) is 6.37. The number of amides is 1. The van der Waals surface area contributed by atoms with E-state index in [0.29, 0.717) is 35.5 Å². The number of anilines is 1. The molecule has 1 aromatic heterocycles. The second-order valence-corrected chi connectivity index (χ2v) is 11.6. The zero-order chi connectivity index (χ0) is 32.8. The number of ether oxygens (including phenoxy) is 1. The lowest BCUT2D eigenvalue weighted by Gasteiger charge is -2.38. The van der Waals surface area contributed by atoms with Gasteiger partial charge >= 0.3 is 12.1 Å². The lowest BCUT2D eigenvalue weighted by Crippen LogP contribution is -2.53. The van der Waals surface area contributed by atoms with Gasteiger partial charge in [0.2, 0.25) is 0 Å². The van der Waals surface area contributed by atoms with Crippen LogP contribution < -0.4 is 15.8 Å². The van der Waals surface area contributed by atoms with E-state index in [2.05, 4.69) is 10.3 Å². The summed E-state index contributed by atoms with van der Waals surface area (Å²) in [4.78, 5) is 44.2. The number of fused-ring (bicyclic) bond motifs is 1. The summed E-state index contributed by atoms with van der Waals surface area (Å²) in [5.74, 6) is -2.80. The molecule has 1 fully saturated rings. The van der Waals surface area contributed by atoms with Gasteiger partial charge in [-0.2, -0.15) is 13.2 Å². The fourth-order valence-electron chi connectivity index (χ4n) is 6.37. The minimum Gasteiger partial charge on any atom is -0.480 e. The van der Waals surface area contributed by atoms with Crippen molar-refractivity contribution in [2.24, 2.45) is 7.05 Å². The molecule has 240 valence electrons. The highest BCUT2D eigenvalue weighted by Crippen LogP contribution is 2.36. The summed E-state index contributed by atoms with van der Waals surface area (Å²) < 4.78 is 62.6. The van der Waals surface area contributed by atoms with Crippen molar-refractivity contribution in [3.63, 3.8) is 0 Å². The van der Waals surface area contributed by atoms with Gasteiger partial charge in [0.15, 0.2) is 0 Å². The molecule has 0 spiro atoms. The molecule has 2 heterocycles. The third-order valence-corrected chi connectivity index (χ3v) is 8.71. The number of aliphatic carboxylic acids is 1. The molecule has 1 amide bonds. The van der Waals surface area contributed by atoms with Crippen molar-refractivity contribution in [3.05, 3.63) is 79.8 Å². The molecular weight excluding hydrogens is 596 g/mol. The summed E-state index contributed by atoms with van der Waals surface area (Å²) in [6.07, 6.45) is -2.55. The van der Waals surface area contributed by atoms with E-state index in [1.54, 1.807) is 33.0 Å². The largest absolute Gasteiger partial charge is 0.480 e. The number of aromatic nitrogens is 2. The number of morpholine rings is 1. The van der Waals surface area contributed by atoms with Crippen LogP contribution in [0, 0.1) is 26.6 Å². The van der Waals surface area contributed by atoms with Gasteiger partial charge in [0.05, 0.1) is 30.0 Å². The molecule has 5 rings (SSSR count). The summed E-state index contributed by atoms with van der Waals surface area (Å²) in [7, 11) is 1.66. The van der Waals surface area contributed by atoms with E-state index in [-0.39, 0.29) is 36.4 Å². The number of carbonyl (C=O) groups excluding carboxylic acids is 1. The molecule has 2 N–H and O–H groups in total. The number of benzene rings is 2. The number of alkyl halides is 3. The maximum Gasteiger partial charge on any atom is 0.411 e. The standard InChI is InChI=1S/C32H34F4N4O5/c1-16-12-20(40-10-11-45-15-26(40)32(34,35)36)14-24(33)27(16)29(41)38-25(31(43)44)13-19-8-9-23(22-7-5-6-21(19)22)28-17(2)37-18(3)39(4)30(28)42/h8-9,12,14,25-26H,5-7,10-11,13,15H2,1-4H3,(H,38,41)(H,43,44)/t25-,26+/m0/s1. The summed E-state index contributed by atoms with van der Waals surface area (Å²) in [6.45, 7) is 4.22.